The molecule has 1 N–H and O–H groups in total. The fourth-order valence-corrected chi connectivity index (χ4v) is 4.90. The first-order valence-corrected chi connectivity index (χ1v) is 11.8. The second-order valence-corrected chi connectivity index (χ2v) is 8.95. The number of pyridine rings is 1. The van der Waals surface area contributed by atoms with E-state index in [1.807, 2.05) is 29.2 Å². The van der Waals surface area contributed by atoms with Gasteiger partial charge in [-0.3, -0.25) is 4.79 Å². The lowest BCUT2D eigenvalue weighted by Gasteiger charge is -2.27. The van der Waals surface area contributed by atoms with Gasteiger partial charge in [-0.1, -0.05) is 12.1 Å². The summed E-state index contributed by atoms with van der Waals surface area (Å²) in [5.41, 5.74) is 3.49. The Morgan fingerprint density at radius 1 is 1.11 bits per heavy atom. The lowest BCUT2D eigenvalue weighted by Crippen LogP contribution is -2.23. The minimum Gasteiger partial charge on any atom is -0.364 e. The Balaban J connectivity index is 1.29. The molecule has 1 saturated heterocycles. The van der Waals surface area contributed by atoms with Crippen molar-refractivity contribution in [2.75, 3.05) is 16.8 Å². The van der Waals surface area contributed by atoms with E-state index in [-0.39, 0.29) is 11.9 Å². The molecule has 3 aromatic heterocycles. The molecule has 1 fully saturated rings. The third-order valence-electron chi connectivity index (χ3n) is 6.65. The van der Waals surface area contributed by atoms with Crippen LogP contribution in [0, 0.1) is 11.6 Å². The Morgan fingerprint density at radius 2 is 2.00 bits per heavy atom. The zero-order valence-electron chi connectivity index (χ0n) is 19.8. The number of carbonyl (C=O) groups is 1. The molecule has 0 aliphatic carbocycles. The van der Waals surface area contributed by atoms with Crippen molar-refractivity contribution in [1.82, 2.24) is 29.8 Å². The van der Waals surface area contributed by atoms with E-state index in [1.54, 1.807) is 34.6 Å². The summed E-state index contributed by atoms with van der Waals surface area (Å²) in [5, 5.41) is 18.8. The smallest absolute Gasteiger partial charge is 0.259 e. The van der Waals surface area contributed by atoms with E-state index in [2.05, 4.69) is 25.9 Å². The number of nitrogens with one attached hydrogen (secondary N) is 1. The standard InChI is InChI=1S/C26H22F2N8O/c1-34-25(31-32-33-34)16-4-2-5-18(12-16)30-26(37)21-15-29-36-11-9-19(14-24(21)36)35-10-3-6-23(35)20-13-17(27)7-8-22(20)28/h2,4-5,7-9,11-15,23H,3,6,10H2,1H3,(H,30,37). The van der Waals surface area contributed by atoms with E-state index in [1.165, 1.54) is 18.3 Å². The molecule has 37 heavy (non-hydrogen) atoms. The zero-order valence-corrected chi connectivity index (χ0v) is 19.8. The highest BCUT2D eigenvalue weighted by Crippen LogP contribution is 2.38. The molecule has 1 amide bonds. The van der Waals surface area contributed by atoms with Crippen LogP contribution >= 0.6 is 0 Å². The maximum atomic E-state index is 14.6. The molecule has 0 saturated carbocycles. The third kappa shape index (κ3) is 4.18. The Labute approximate surface area is 210 Å². The van der Waals surface area contributed by atoms with E-state index in [9.17, 15) is 13.6 Å². The van der Waals surface area contributed by atoms with E-state index >= 15 is 0 Å². The van der Waals surface area contributed by atoms with Gasteiger partial charge in [0.05, 0.1) is 23.3 Å². The van der Waals surface area contributed by atoms with Crippen LogP contribution in [0.1, 0.15) is 34.8 Å². The number of hydrogen-bond acceptors (Lipinski definition) is 6. The van der Waals surface area contributed by atoms with Gasteiger partial charge in [0.15, 0.2) is 5.82 Å². The van der Waals surface area contributed by atoms with Gasteiger partial charge in [-0.15, -0.1) is 5.10 Å². The SMILES string of the molecule is Cn1nnnc1-c1cccc(NC(=O)c2cnn3ccc(N4CCCC4c4cc(F)ccc4F)cc23)c1. The molecule has 11 heteroatoms. The number of carbonyl (C=O) groups excluding carboxylic acids is 1. The average Bonchev–Trinajstić information content (AvgIpc) is 3.64. The van der Waals surface area contributed by atoms with Crippen LogP contribution in [0.25, 0.3) is 16.9 Å². The average molecular weight is 501 g/mol. The molecule has 1 aliphatic heterocycles. The van der Waals surface area contributed by atoms with Crippen molar-refractivity contribution in [3.63, 3.8) is 0 Å². The molecule has 4 heterocycles. The van der Waals surface area contributed by atoms with Gasteiger partial charge >= 0.3 is 0 Å². The Hall–Kier alpha value is -4.67. The van der Waals surface area contributed by atoms with Gasteiger partial charge in [0.1, 0.15) is 11.6 Å². The van der Waals surface area contributed by atoms with Crippen LogP contribution in [0.15, 0.2) is 67.0 Å². The van der Waals surface area contributed by atoms with E-state index in [4.69, 9.17) is 0 Å². The number of anilines is 2. The number of aromatic nitrogens is 6. The molecule has 6 rings (SSSR count). The van der Waals surface area contributed by atoms with Gasteiger partial charge in [0.2, 0.25) is 0 Å². The van der Waals surface area contributed by atoms with Gasteiger partial charge in [-0.05, 0) is 65.7 Å². The van der Waals surface area contributed by atoms with Crippen LogP contribution in [-0.2, 0) is 7.05 Å². The minimum atomic E-state index is -0.465. The molecule has 0 radical (unpaired) electrons. The summed E-state index contributed by atoms with van der Waals surface area (Å²) in [6, 6.07) is 14.2. The van der Waals surface area contributed by atoms with Crippen LogP contribution in [0.4, 0.5) is 20.2 Å². The highest BCUT2D eigenvalue weighted by molar-refractivity contribution is 6.09. The number of benzene rings is 2. The normalized spacial score (nSPS) is 15.4. The van der Waals surface area contributed by atoms with Crippen molar-refractivity contribution in [3.8, 4) is 11.4 Å². The van der Waals surface area contributed by atoms with E-state index < -0.39 is 11.6 Å². The molecule has 5 aromatic rings. The van der Waals surface area contributed by atoms with Gasteiger partial charge in [-0.25, -0.2) is 18.0 Å². The molecule has 9 nitrogen and oxygen atoms in total. The molecule has 0 spiro atoms. The van der Waals surface area contributed by atoms with Crippen LogP contribution in [0.5, 0.6) is 0 Å². The van der Waals surface area contributed by atoms with Crippen molar-refractivity contribution in [1.29, 1.82) is 0 Å². The lowest BCUT2D eigenvalue weighted by molar-refractivity contribution is 0.102. The molecule has 1 unspecified atom stereocenters. The fraction of sp³-hybridized carbons (Fsp3) is 0.192. The predicted octanol–water partition coefficient (Wildman–Crippen LogP) is 4.40. The molecule has 1 aliphatic rings. The largest absolute Gasteiger partial charge is 0.364 e. The number of aryl methyl sites for hydroxylation is 1. The number of fused-ring (bicyclic) bond motifs is 1. The summed E-state index contributed by atoms with van der Waals surface area (Å²) in [5.74, 6) is -0.641. The highest BCUT2D eigenvalue weighted by Gasteiger charge is 2.29. The first kappa shape index (κ1) is 22.8. The fourth-order valence-electron chi connectivity index (χ4n) is 4.90. The first-order valence-electron chi connectivity index (χ1n) is 11.8. The second kappa shape index (κ2) is 9.08. The number of rotatable bonds is 5. The number of hydrogen-bond donors (Lipinski definition) is 1. The van der Waals surface area contributed by atoms with Crippen LogP contribution < -0.4 is 10.2 Å². The first-order chi connectivity index (χ1) is 18.0. The van der Waals surface area contributed by atoms with Crippen LogP contribution in [0.2, 0.25) is 0 Å². The van der Waals surface area contributed by atoms with Gasteiger partial charge in [-0.2, -0.15) is 5.10 Å². The summed E-state index contributed by atoms with van der Waals surface area (Å²) < 4.78 is 31.6. The summed E-state index contributed by atoms with van der Waals surface area (Å²) in [6.45, 7) is 0.691. The quantitative estimate of drug-likeness (QED) is 0.385. The Kier molecular flexibility index (Phi) is 5.59. The molecule has 186 valence electrons. The molecule has 0 bridgehead atoms. The molecule has 1 atom stereocenters. The minimum absolute atomic E-state index is 0.295. The van der Waals surface area contributed by atoms with E-state index in [0.717, 1.165) is 23.7 Å². The predicted molar refractivity (Wildman–Crippen MR) is 133 cm³/mol. The molecular weight excluding hydrogens is 478 g/mol. The van der Waals surface area contributed by atoms with Crippen molar-refractivity contribution >= 4 is 22.8 Å². The van der Waals surface area contributed by atoms with Crippen molar-refractivity contribution < 1.29 is 13.6 Å². The summed E-state index contributed by atoms with van der Waals surface area (Å²) in [4.78, 5) is 15.3. The Bertz CT molecular complexity index is 1630. The van der Waals surface area contributed by atoms with Gasteiger partial charge < -0.3 is 10.2 Å². The van der Waals surface area contributed by atoms with Crippen molar-refractivity contribution in [2.45, 2.75) is 18.9 Å². The topological polar surface area (TPSA) is 93.2 Å². The lowest BCUT2D eigenvalue weighted by atomic mass is 10.0. The highest BCUT2D eigenvalue weighted by atomic mass is 19.1. The van der Waals surface area contributed by atoms with Gasteiger partial charge in [0.25, 0.3) is 5.91 Å². The van der Waals surface area contributed by atoms with Gasteiger partial charge in [0, 0.05) is 42.3 Å². The summed E-state index contributed by atoms with van der Waals surface area (Å²) in [7, 11) is 1.74. The Morgan fingerprint density at radius 3 is 2.84 bits per heavy atom. The van der Waals surface area contributed by atoms with Crippen molar-refractivity contribution in [3.05, 3.63) is 89.8 Å². The molecular formula is C26H22F2N8O. The second-order valence-electron chi connectivity index (χ2n) is 8.95. The monoisotopic (exact) mass is 500 g/mol. The molecule has 2 aromatic carbocycles. The number of tetrazole rings is 1. The number of amides is 1. The maximum Gasteiger partial charge on any atom is 0.259 e. The number of nitrogens with zero attached hydrogens (tertiary/aromatic N) is 7. The zero-order chi connectivity index (χ0) is 25.5. The maximum absolute atomic E-state index is 14.6. The summed E-state index contributed by atoms with van der Waals surface area (Å²) >= 11 is 0. The summed E-state index contributed by atoms with van der Waals surface area (Å²) in [6.07, 6.45) is 4.82. The van der Waals surface area contributed by atoms with Crippen molar-refractivity contribution in [2.24, 2.45) is 7.05 Å². The van der Waals surface area contributed by atoms with E-state index in [0.29, 0.717) is 41.1 Å². The third-order valence-corrected chi connectivity index (χ3v) is 6.65. The van der Waals surface area contributed by atoms with Crippen LogP contribution in [0.3, 0.4) is 0 Å². The van der Waals surface area contributed by atoms with Crippen LogP contribution in [-0.4, -0.2) is 42.3 Å². The number of halogens is 2.